The zero-order chi connectivity index (χ0) is 19.5. The third-order valence-electron chi connectivity index (χ3n) is 4.28. The molecule has 0 radical (unpaired) electrons. The van der Waals surface area contributed by atoms with Crippen LogP contribution in [-0.2, 0) is 0 Å². The van der Waals surface area contributed by atoms with E-state index in [0.717, 1.165) is 21.7 Å². The normalized spacial score (nSPS) is 11.2. The topological polar surface area (TPSA) is 25.2 Å². The SMILES string of the molecule is Cc1ccc(-c2nc(N=Cc3c(Cl)cccc3Cl)sc2-c2ccccc2)cc1. The smallest absolute Gasteiger partial charge is 0.210 e. The molecule has 0 N–H and O–H groups in total. The van der Waals surface area contributed by atoms with Crippen molar-refractivity contribution < 1.29 is 0 Å². The van der Waals surface area contributed by atoms with E-state index in [2.05, 4.69) is 48.3 Å². The number of thiazole rings is 1. The Bertz CT molecular complexity index is 1110. The molecular weight excluding hydrogens is 407 g/mol. The molecule has 0 amide bonds. The van der Waals surface area contributed by atoms with Crippen molar-refractivity contribution in [2.24, 2.45) is 4.99 Å². The lowest BCUT2D eigenvalue weighted by atomic mass is 10.1. The van der Waals surface area contributed by atoms with Gasteiger partial charge in [0.05, 0.1) is 20.6 Å². The molecule has 0 unspecified atom stereocenters. The lowest BCUT2D eigenvalue weighted by Crippen LogP contribution is -1.84. The van der Waals surface area contributed by atoms with E-state index in [9.17, 15) is 0 Å². The molecule has 0 spiro atoms. The minimum atomic E-state index is 0.565. The van der Waals surface area contributed by atoms with Gasteiger partial charge in [-0.05, 0) is 24.6 Å². The van der Waals surface area contributed by atoms with E-state index >= 15 is 0 Å². The number of aromatic nitrogens is 1. The number of hydrogen-bond donors (Lipinski definition) is 0. The van der Waals surface area contributed by atoms with Gasteiger partial charge in [-0.15, -0.1) is 0 Å². The van der Waals surface area contributed by atoms with Gasteiger partial charge in [0.1, 0.15) is 0 Å². The van der Waals surface area contributed by atoms with Crippen molar-refractivity contribution in [2.45, 2.75) is 6.92 Å². The molecule has 0 aliphatic rings. The van der Waals surface area contributed by atoms with Crippen molar-refractivity contribution in [3.63, 3.8) is 0 Å². The van der Waals surface area contributed by atoms with Crippen molar-refractivity contribution in [1.29, 1.82) is 0 Å². The number of aryl methyl sites for hydroxylation is 1. The summed E-state index contributed by atoms with van der Waals surface area (Å²) in [5.74, 6) is 0. The fraction of sp³-hybridized carbons (Fsp3) is 0.0435. The van der Waals surface area contributed by atoms with Crippen molar-refractivity contribution in [2.75, 3.05) is 0 Å². The first-order valence-electron chi connectivity index (χ1n) is 8.73. The standard InChI is InChI=1S/C23H16Cl2N2S/c1-15-10-12-16(13-11-15)21-22(17-6-3-2-4-7-17)28-23(27-21)26-14-18-19(24)8-5-9-20(18)25/h2-14H,1H3. The van der Waals surface area contributed by atoms with Gasteiger partial charge in [0.25, 0.3) is 0 Å². The second kappa shape index (κ2) is 8.27. The van der Waals surface area contributed by atoms with Gasteiger partial charge in [0.15, 0.2) is 0 Å². The number of hydrogen-bond acceptors (Lipinski definition) is 3. The highest BCUT2D eigenvalue weighted by Crippen LogP contribution is 2.40. The lowest BCUT2D eigenvalue weighted by Gasteiger charge is -2.03. The van der Waals surface area contributed by atoms with Gasteiger partial charge >= 0.3 is 0 Å². The number of nitrogens with zero attached hydrogens (tertiary/aromatic N) is 2. The first-order valence-corrected chi connectivity index (χ1v) is 10.3. The van der Waals surface area contributed by atoms with Gasteiger partial charge in [-0.1, -0.05) is 101 Å². The molecule has 2 nitrogen and oxygen atoms in total. The van der Waals surface area contributed by atoms with Crippen molar-refractivity contribution in [3.8, 4) is 21.7 Å². The minimum absolute atomic E-state index is 0.565. The van der Waals surface area contributed by atoms with Crippen LogP contribution in [0, 0.1) is 6.92 Å². The molecule has 4 rings (SSSR count). The maximum atomic E-state index is 6.25. The molecule has 0 atom stereocenters. The summed E-state index contributed by atoms with van der Waals surface area (Å²) in [6.07, 6.45) is 1.68. The average Bonchev–Trinajstić information content (AvgIpc) is 3.13. The van der Waals surface area contributed by atoms with Crippen LogP contribution < -0.4 is 0 Å². The molecule has 4 aromatic rings. The van der Waals surface area contributed by atoms with Gasteiger partial charge in [0.2, 0.25) is 5.13 Å². The molecule has 0 aliphatic heterocycles. The minimum Gasteiger partial charge on any atom is -0.227 e. The van der Waals surface area contributed by atoms with Crippen LogP contribution in [-0.4, -0.2) is 11.2 Å². The van der Waals surface area contributed by atoms with E-state index in [1.54, 1.807) is 29.7 Å². The Morgan fingerprint density at radius 3 is 2.18 bits per heavy atom. The predicted molar refractivity (Wildman–Crippen MR) is 121 cm³/mol. The van der Waals surface area contributed by atoms with Crippen LogP contribution in [0.1, 0.15) is 11.1 Å². The van der Waals surface area contributed by atoms with Crippen molar-refractivity contribution in [1.82, 2.24) is 4.98 Å². The van der Waals surface area contributed by atoms with E-state index in [4.69, 9.17) is 28.2 Å². The number of aliphatic imine (C=N–C) groups is 1. The summed E-state index contributed by atoms with van der Waals surface area (Å²) in [5, 5.41) is 1.79. The zero-order valence-corrected chi connectivity index (χ0v) is 17.4. The summed E-state index contributed by atoms with van der Waals surface area (Å²) >= 11 is 14.0. The first kappa shape index (κ1) is 18.9. The monoisotopic (exact) mass is 422 g/mol. The van der Waals surface area contributed by atoms with Crippen LogP contribution in [0.3, 0.4) is 0 Å². The van der Waals surface area contributed by atoms with Crippen molar-refractivity contribution in [3.05, 3.63) is 94.0 Å². The summed E-state index contributed by atoms with van der Waals surface area (Å²) < 4.78 is 0. The van der Waals surface area contributed by atoms with E-state index in [0.29, 0.717) is 20.7 Å². The fourth-order valence-corrected chi connectivity index (χ4v) is 4.24. The van der Waals surface area contributed by atoms with Crippen LogP contribution in [0.4, 0.5) is 5.13 Å². The first-order chi connectivity index (χ1) is 13.6. The summed E-state index contributed by atoms with van der Waals surface area (Å²) in [4.78, 5) is 10.4. The lowest BCUT2D eigenvalue weighted by molar-refractivity contribution is 1.35. The van der Waals surface area contributed by atoms with E-state index in [1.807, 2.05) is 24.3 Å². The molecule has 28 heavy (non-hydrogen) atoms. The van der Waals surface area contributed by atoms with Gasteiger partial charge in [-0.25, -0.2) is 9.98 Å². The van der Waals surface area contributed by atoms with Gasteiger partial charge in [-0.3, -0.25) is 0 Å². The van der Waals surface area contributed by atoms with Crippen LogP contribution in [0.25, 0.3) is 21.7 Å². The summed E-state index contributed by atoms with van der Waals surface area (Å²) in [7, 11) is 0. The largest absolute Gasteiger partial charge is 0.227 e. The Hall–Kier alpha value is -2.46. The van der Waals surface area contributed by atoms with Crippen LogP contribution in [0.5, 0.6) is 0 Å². The van der Waals surface area contributed by atoms with Crippen LogP contribution in [0.2, 0.25) is 10.0 Å². The van der Waals surface area contributed by atoms with Crippen LogP contribution >= 0.6 is 34.5 Å². The molecular formula is C23H16Cl2N2S. The number of halogens is 2. The predicted octanol–water partition coefficient (Wildman–Crippen LogP) is 7.84. The Morgan fingerprint density at radius 1 is 0.821 bits per heavy atom. The van der Waals surface area contributed by atoms with E-state index < -0.39 is 0 Å². The molecule has 1 heterocycles. The maximum Gasteiger partial charge on any atom is 0.210 e. The Morgan fingerprint density at radius 2 is 1.50 bits per heavy atom. The Kier molecular flexibility index (Phi) is 5.58. The third kappa shape index (κ3) is 4.02. The Labute approximate surface area is 178 Å². The van der Waals surface area contributed by atoms with E-state index in [1.165, 1.54) is 5.56 Å². The molecule has 3 aromatic carbocycles. The van der Waals surface area contributed by atoms with Gasteiger partial charge in [-0.2, -0.15) is 0 Å². The average molecular weight is 423 g/mol. The molecule has 0 fully saturated rings. The highest BCUT2D eigenvalue weighted by atomic mass is 35.5. The second-order valence-corrected chi connectivity index (χ2v) is 8.09. The summed E-state index contributed by atoms with van der Waals surface area (Å²) in [6.45, 7) is 2.08. The maximum absolute atomic E-state index is 6.25. The fourth-order valence-electron chi connectivity index (χ4n) is 2.81. The quantitative estimate of drug-likeness (QED) is 0.307. The van der Waals surface area contributed by atoms with Gasteiger partial charge < -0.3 is 0 Å². The molecule has 5 heteroatoms. The molecule has 0 saturated carbocycles. The highest BCUT2D eigenvalue weighted by molar-refractivity contribution is 7.19. The molecule has 0 bridgehead atoms. The molecule has 0 aliphatic carbocycles. The second-order valence-electron chi connectivity index (χ2n) is 6.30. The Balaban J connectivity index is 1.79. The van der Waals surface area contributed by atoms with Crippen LogP contribution in [0.15, 0.2) is 77.8 Å². The zero-order valence-electron chi connectivity index (χ0n) is 15.1. The number of rotatable bonds is 4. The highest BCUT2D eigenvalue weighted by Gasteiger charge is 2.14. The molecule has 138 valence electrons. The third-order valence-corrected chi connectivity index (χ3v) is 5.95. The van der Waals surface area contributed by atoms with Gasteiger partial charge in [0, 0.05) is 17.3 Å². The summed E-state index contributed by atoms with van der Waals surface area (Å²) in [5.41, 5.74) is 5.02. The van der Waals surface area contributed by atoms with E-state index in [-0.39, 0.29) is 0 Å². The van der Waals surface area contributed by atoms with Crippen molar-refractivity contribution >= 4 is 45.9 Å². The number of benzene rings is 3. The molecule has 1 aromatic heterocycles. The summed E-state index contributed by atoms with van der Waals surface area (Å²) in [6, 6.07) is 24.0. The molecule has 0 saturated heterocycles.